The average Bonchev–Trinajstić information content (AvgIpc) is 2.29. The first-order valence-corrected chi connectivity index (χ1v) is 5.67. The molecule has 84 valence electrons. The molecule has 0 saturated heterocycles. The molecule has 0 aromatic heterocycles. The molecule has 0 spiro atoms. The number of hydrogen-bond donors (Lipinski definition) is 0. The molecule has 3 heteroatoms. The lowest BCUT2D eigenvalue weighted by Gasteiger charge is -2.34. The number of carbonyl (C=O) groups is 1. The van der Waals surface area contributed by atoms with Crippen molar-refractivity contribution in [1.29, 1.82) is 0 Å². The van der Waals surface area contributed by atoms with Crippen LogP contribution in [0.4, 0.5) is 0 Å². The fourth-order valence-electron chi connectivity index (χ4n) is 1.96. The lowest BCUT2D eigenvalue weighted by molar-refractivity contribution is -0.123. The van der Waals surface area contributed by atoms with Gasteiger partial charge in [0.2, 0.25) is 0 Å². The van der Waals surface area contributed by atoms with E-state index in [2.05, 4.69) is 0 Å². The largest absolute Gasteiger partial charge is 0.490 e. The third-order valence-electron chi connectivity index (χ3n) is 2.95. The molecule has 1 atom stereocenters. The van der Waals surface area contributed by atoms with Gasteiger partial charge in [-0.2, -0.15) is 0 Å². The highest BCUT2D eigenvalue weighted by atomic mass is 35.5. The Kier molecular flexibility index (Phi) is 3.01. The third-order valence-corrected chi connectivity index (χ3v) is 3.20. The van der Waals surface area contributed by atoms with Gasteiger partial charge in [0.05, 0.1) is 12.7 Å². The van der Waals surface area contributed by atoms with E-state index in [9.17, 15) is 4.79 Å². The molecule has 1 aliphatic heterocycles. The molecular formula is C13H13ClO2. The van der Waals surface area contributed by atoms with Crippen molar-refractivity contribution in [2.75, 3.05) is 0 Å². The van der Waals surface area contributed by atoms with Crippen LogP contribution in [0.5, 0.6) is 0 Å². The van der Waals surface area contributed by atoms with E-state index in [1.165, 1.54) is 12.3 Å². The predicted molar refractivity (Wildman–Crippen MR) is 63.3 cm³/mol. The zero-order valence-corrected chi connectivity index (χ0v) is 9.83. The monoisotopic (exact) mass is 236 g/mol. The summed E-state index contributed by atoms with van der Waals surface area (Å²) in [5.41, 5.74) is 0.480. The smallest absolute Gasteiger partial charge is 0.163 e. The van der Waals surface area contributed by atoms with Gasteiger partial charge in [-0.05, 0) is 24.1 Å². The summed E-state index contributed by atoms with van der Waals surface area (Å²) >= 11 is 5.85. The molecule has 0 bridgehead atoms. The number of rotatable bonds is 2. The van der Waals surface area contributed by atoms with Crippen LogP contribution in [0.1, 0.15) is 25.3 Å². The Morgan fingerprint density at radius 2 is 2.06 bits per heavy atom. The maximum Gasteiger partial charge on any atom is 0.163 e. The van der Waals surface area contributed by atoms with Crippen molar-refractivity contribution in [2.45, 2.75) is 25.4 Å². The zero-order chi connectivity index (χ0) is 11.6. The van der Waals surface area contributed by atoms with Crippen molar-refractivity contribution < 1.29 is 9.53 Å². The van der Waals surface area contributed by atoms with Crippen LogP contribution in [0.2, 0.25) is 5.02 Å². The Bertz CT molecular complexity index is 422. The molecule has 0 radical (unpaired) electrons. The maximum atomic E-state index is 11.5. The van der Waals surface area contributed by atoms with Gasteiger partial charge >= 0.3 is 0 Å². The van der Waals surface area contributed by atoms with Crippen LogP contribution < -0.4 is 0 Å². The summed E-state index contributed by atoms with van der Waals surface area (Å²) in [5, 5.41) is 0.688. The Hall–Kier alpha value is -1.28. The van der Waals surface area contributed by atoms with Crippen LogP contribution in [0, 0.1) is 0 Å². The molecule has 0 aliphatic carbocycles. The van der Waals surface area contributed by atoms with Crippen molar-refractivity contribution in [3.63, 3.8) is 0 Å². The van der Waals surface area contributed by atoms with Crippen LogP contribution in [-0.2, 0) is 15.1 Å². The molecule has 16 heavy (non-hydrogen) atoms. The molecule has 1 aromatic carbocycles. The van der Waals surface area contributed by atoms with Crippen molar-refractivity contribution in [3.05, 3.63) is 47.2 Å². The molecule has 0 N–H and O–H groups in total. The Morgan fingerprint density at radius 3 is 2.62 bits per heavy atom. The van der Waals surface area contributed by atoms with Crippen LogP contribution in [0.25, 0.3) is 0 Å². The number of halogens is 1. The molecule has 0 saturated carbocycles. The van der Waals surface area contributed by atoms with Crippen molar-refractivity contribution in [2.24, 2.45) is 0 Å². The summed E-state index contributed by atoms with van der Waals surface area (Å²) in [4.78, 5) is 11.5. The maximum absolute atomic E-state index is 11.5. The third kappa shape index (κ3) is 1.98. The highest BCUT2D eigenvalue weighted by Crippen LogP contribution is 2.36. The Labute approximate surface area is 99.9 Å². The van der Waals surface area contributed by atoms with Gasteiger partial charge in [-0.3, -0.25) is 4.79 Å². The lowest BCUT2D eigenvalue weighted by atomic mass is 9.85. The average molecular weight is 237 g/mol. The van der Waals surface area contributed by atoms with Gasteiger partial charge in [0.25, 0.3) is 0 Å². The van der Waals surface area contributed by atoms with Crippen LogP contribution in [0.3, 0.4) is 0 Å². The highest BCUT2D eigenvalue weighted by molar-refractivity contribution is 6.30. The first-order valence-electron chi connectivity index (χ1n) is 5.29. The van der Waals surface area contributed by atoms with Crippen molar-refractivity contribution in [1.82, 2.24) is 0 Å². The first kappa shape index (κ1) is 11.2. The zero-order valence-electron chi connectivity index (χ0n) is 9.07. The molecule has 1 aromatic rings. The van der Waals surface area contributed by atoms with E-state index in [-0.39, 0.29) is 5.78 Å². The summed E-state index contributed by atoms with van der Waals surface area (Å²) in [5.74, 6) is 0.100. The van der Waals surface area contributed by atoms with Crippen LogP contribution in [-0.4, -0.2) is 5.78 Å². The normalized spacial score (nSPS) is 24.2. The van der Waals surface area contributed by atoms with E-state index in [0.717, 1.165) is 12.0 Å². The molecular weight excluding hydrogens is 224 g/mol. The minimum absolute atomic E-state index is 0.100. The number of hydrogen-bond acceptors (Lipinski definition) is 2. The molecule has 0 fully saturated rings. The molecule has 1 unspecified atom stereocenters. The van der Waals surface area contributed by atoms with Gasteiger partial charge < -0.3 is 4.74 Å². The summed E-state index contributed by atoms with van der Waals surface area (Å²) in [6, 6.07) is 7.47. The standard InChI is InChI=1S/C13H13ClO2/c1-2-13(9-12(15)7-8-16-13)10-3-5-11(14)6-4-10/h3-8H,2,9H2,1H3. The second kappa shape index (κ2) is 4.30. The van der Waals surface area contributed by atoms with Gasteiger partial charge in [-0.25, -0.2) is 0 Å². The summed E-state index contributed by atoms with van der Waals surface area (Å²) in [6.07, 6.45) is 4.11. The second-order valence-electron chi connectivity index (χ2n) is 3.92. The molecule has 2 rings (SSSR count). The topological polar surface area (TPSA) is 26.3 Å². The fraction of sp³-hybridized carbons (Fsp3) is 0.308. The highest BCUT2D eigenvalue weighted by Gasteiger charge is 2.35. The Balaban J connectivity index is 2.38. The number of allylic oxidation sites excluding steroid dienone is 1. The number of ketones is 1. The van der Waals surface area contributed by atoms with E-state index in [1.54, 1.807) is 0 Å². The second-order valence-corrected chi connectivity index (χ2v) is 4.35. The minimum Gasteiger partial charge on any atom is -0.490 e. The summed E-state index contributed by atoms with van der Waals surface area (Å²) < 4.78 is 5.67. The van der Waals surface area contributed by atoms with Crippen molar-refractivity contribution >= 4 is 17.4 Å². The van der Waals surface area contributed by atoms with Gasteiger partial charge in [0.1, 0.15) is 5.60 Å². The molecule has 0 amide bonds. The van der Waals surface area contributed by atoms with E-state index >= 15 is 0 Å². The number of ether oxygens (including phenoxy) is 1. The number of carbonyl (C=O) groups excluding carboxylic acids is 1. The van der Waals surface area contributed by atoms with E-state index in [0.29, 0.717) is 11.4 Å². The van der Waals surface area contributed by atoms with E-state index in [1.807, 2.05) is 31.2 Å². The molecule has 2 nitrogen and oxygen atoms in total. The lowest BCUT2D eigenvalue weighted by Crippen LogP contribution is -2.32. The fourth-order valence-corrected chi connectivity index (χ4v) is 2.08. The molecule has 1 aliphatic rings. The SMILES string of the molecule is CCC1(c2ccc(Cl)cc2)CC(=O)C=CO1. The number of benzene rings is 1. The van der Waals surface area contributed by atoms with E-state index in [4.69, 9.17) is 16.3 Å². The quantitative estimate of drug-likeness (QED) is 0.786. The molecule has 1 heterocycles. The van der Waals surface area contributed by atoms with Crippen molar-refractivity contribution in [3.8, 4) is 0 Å². The van der Waals surface area contributed by atoms with E-state index < -0.39 is 5.60 Å². The van der Waals surface area contributed by atoms with Crippen LogP contribution in [0.15, 0.2) is 36.6 Å². The van der Waals surface area contributed by atoms with Gasteiger partial charge in [-0.15, -0.1) is 0 Å². The van der Waals surface area contributed by atoms with Crippen LogP contribution >= 0.6 is 11.6 Å². The van der Waals surface area contributed by atoms with Gasteiger partial charge in [-0.1, -0.05) is 30.7 Å². The van der Waals surface area contributed by atoms with Gasteiger partial charge in [0.15, 0.2) is 5.78 Å². The van der Waals surface area contributed by atoms with Gasteiger partial charge in [0, 0.05) is 11.1 Å². The first-order chi connectivity index (χ1) is 7.66. The minimum atomic E-state index is -0.517. The Morgan fingerprint density at radius 1 is 1.38 bits per heavy atom. The predicted octanol–water partition coefficient (Wildman–Crippen LogP) is 3.45. The summed E-state index contributed by atoms with van der Waals surface area (Å²) in [6.45, 7) is 2.01. The summed E-state index contributed by atoms with van der Waals surface area (Å²) in [7, 11) is 0.